The zero-order chi connectivity index (χ0) is 20.8. The quantitative estimate of drug-likeness (QED) is 0.235. The molecule has 0 saturated carbocycles. The number of halogens is 2. The van der Waals surface area contributed by atoms with Crippen LogP contribution in [0.2, 0.25) is 0 Å². The Morgan fingerprint density at radius 2 is 1.96 bits per heavy atom. The molecule has 0 aliphatic carbocycles. The molecular formula is C18H26BrClN4O3S. The van der Waals surface area contributed by atoms with Gasteiger partial charge in [-0.15, -0.1) is 0 Å². The Labute approximate surface area is 180 Å². The van der Waals surface area contributed by atoms with E-state index in [2.05, 4.69) is 48.9 Å². The van der Waals surface area contributed by atoms with Gasteiger partial charge in [0.2, 0.25) is 0 Å². The van der Waals surface area contributed by atoms with Crippen LogP contribution in [0.3, 0.4) is 0 Å². The van der Waals surface area contributed by atoms with E-state index in [0.717, 1.165) is 29.2 Å². The molecule has 1 aromatic carbocycles. The summed E-state index contributed by atoms with van der Waals surface area (Å²) in [5.74, 6) is -0.0662. The van der Waals surface area contributed by atoms with Gasteiger partial charge < -0.3 is 4.74 Å². The SMILES string of the molecule is C=C(/N=C\N=C(\Cl)Cc1ccc(Br)cc1)NS(=O)(=O)NCCCOCCCC. The number of unbranched alkanes of at least 4 members (excludes halogenated alkanes) is 1. The van der Waals surface area contributed by atoms with E-state index in [9.17, 15) is 8.42 Å². The van der Waals surface area contributed by atoms with Crippen LogP contribution >= 0.6 is 27.5 Å². The predicted octanol–water partition coefficient (Wildman–Crippen LogP) is 3.76. The molecule has 7 nitrogen and oxygen atoms in total. The average Bonchev–Trinajstić information content (AvgIpc) is 2.62. The third-order valence-electron chi connectivity index (χ3n) is 3.33. The smallest absolute Gasteiger partial charge is 0.300 e. The Bertz CT molecular complexity index is 768. The summed E-state index contributed by atoms with van der Waals surface area (Å²) in [4.78, 5) is 7.80. The van der Waals surface area contributed by atoms with E-state index in [1.807, 2.05) is 24.3 Å². The second kappa shape index (κ2) is 13.8. The Balaban J connectivity index is 2.33. The third-order valence-corrected chi connectivity index (χ3v) is 5.17. The predicted molar refractivity (Wildman–Crippen MR) is 119 cm³/mol. The van der Waals surface area contributed by atoms with Gasteiger partial charge in [0.1, 0.15) is 17.3 Å². The number of aliphatic imine (C=N–C) groups is 2. The van der Waals surface area contributed by atoms with Crippen LogP contribution in [0.25, 0.3) is 0 Å². The zero-order valence-corrected chi connectivity index (χ0v) is 19.0. The first-order valence-corrected chi connectivity index (χ1v) is 11.5. The van der Waals surface area contributed by atoms with Gasteiger partial charge in [-0.3, -0.25) is 4.72 Å². The first kappa shape index (κ1) is 24.8. The van der Waals surface area contributed by atoms with Crippen molar-refractivity contribution in [1.29, 1.82) is 0 Å². The average molecular weight is 494 g/mol. The van der Waals surface area contributed by atoms with Gasteiger partial charge in [0.05, 0.1) is 0 Å². The Morgan fingerprint density at radius 1 is 1.29 bits per heavy atom. The second-order valence-electron chi connectivity index (χ2n) is 5.82. The summed E-state index contributed by atoms with van der Waals surface area (Å²) in [7, 11) is -3.74. The van der Waals surface area contributed by atoms with E-state index in [4.69, 9.17) is 16.3 Å². The lowest BCUT2D eigenvalue weighted by atomic mass is 10.2. The number of nitrogens with one attached hydrogen (secondary N) is 2. The summed E-state index contributed by atoms with van der Waals surface area (Å²) in [6, 6.07) is 7.67. The molecule has 1 aromatic rings. The highest BCUT2D eigenvalue weighted by Gasteiger charge is 2.08. The molecule has 156 valence electrons. The van der Waals surface area contributed by atoms with Crippen LogP contribution in [0, 0.1) is 0 Å². The molecule has 0 fully saturated rings. The first-order chi connectivity index (χ1) is 13.3. The Kier molecular flexibility index (Phi) is 12.2. The Hall–Kier alpha value is -1.26. The number of rotatable bonds is 14. The zero-order valence-electron chi connectivity index (χ0n) is 15.8. The fourth-order valence-electron chi connectivity index (χ4n) is 1.92. The summed E-state index contributed by atoms with van der Waals surface area (Å²) in [6.45, 7) is 7.08. The van der Waals surface area contributed by atoms with E-state index in [1.165, 1.54) is 0 Å². The minimum atomic E-state index is -3.74. The van der Waals surface area contributed by atoms with E-state index in [-0.39, 0.29) is 12.4 Å². The molecule has 0 radical (unpaired) electrons. The lowest BCUT2D eigenvalue weighted by Crippen LogP contribution is -2.36. The molecule has 2 N–H and O–H groups in total. The molecule has 0 amide bonds. The summed E-state index contributed by atoms with van der Waals surface area (Å²) in [5.41, 5.74) is 0.993. The van der Waals surface area contributed by atoms with Gasteiger partial charge in [0, 0.05) is 30.7 Å². The van der Waals surface area contributed by atoms with Crippen molar-refractivity contribution in [1.82, 2.24) is 9.44 Å². The van der Waals surface area contributed by atoms with Crippen molar-refractivity contribution in [2.24, 2.45) is 9.98 Å². The van der Waals surface area contributed by atoms with Gasteiger partial charge in [-0.1, -0.05) is 59.6 Å². The van der Waals surface area contributed by atoms with Crippen molar-refractivity contribution >= 4 is 49.2 Å². The molecule has 0 bridgehead atoms. The van der Waals surface area contributed by atoms with Crippen molar-refractivity contribution < 1.29 is 13.2 Å². The van der Waals surface area contributed by atoms with Gasteiger partial charge >= 0.3 is 0 Å². The molecule has 28 heavy (non-hydrogen) atoms. The largest absolute Gasteiger partial charge is 0.381 e. The van der Waals surface area contributed by atoms with Crippen LogP contribution in [-0.2, 0) is 21.4 Å². The van der Waals surface area contributed by atoms with E-state index in [1.54, 1.807) is 0 Å². The van der Waals surface area contributed by atoms with Crippen LogP contribution < -0.4 is 9.44 Å². The van der Waals surface area contributed by atoms with Crippen molar-refractivity contribution in [2.75, 3.05) is 19.8 Å². The van der Waals surface area contributed by atoms with Crippen LogP contribution in [0.15, 0.2) is 51.1 Å². The lowest BCUT2D eigenvalue weighted by Gasteiger charge is -2.08. The number of hydrogen-bond donors (Lipinski definition) is 2. The highest BCUT2D eigenvalue weighted by Crippen LogP contribution is 2.11. The summed E-state index contributed by atoms with van der Waals surface area (Å²) < 4.78 is 34.7. The molecule has 10 heteroatoms. The molecule has 0 aliphatic heterocycles. The number of hydrogen-bond acceptors (Lipinski definition) is 4. The molecule has 0 unspecified atom stereocenters. The fraction of sp³-hybridized carbons (Fsp3) is 0.444. The maximum Gasteiger partial charge on any atom is 0.300 e. The molecule has 0 heterocycles. The molecule has 0 spiro atoms. The third kappa shape index (κ3) is 12.2. The standard InChI is InChI=1S/C18H26BrClN4O3S/c1-3-4-11-27-12-5-10-23-28(25,26)24-15(2)21-14-22-18(20)13-16-6-8-17(19)9-7-16/h6-9,14,23-24H,2-5,10-13H2,1H3/b21-14-,22-18+. The summed E-state index contributed by atoms with van der Waals surface area (Å²) in [6.07, 6.45) is 4.25. The van der Waals surface area contributed by atoms with Crippen molar-refractivity contribution in [3.8, 4) is 0 Å². The van der Waals surface area contributed by atoms with E-state index < -0.39 is 10.2 Å². The van der Waals surface area contributed by atoms with Gasteiger partial charge in [-0.2, -0.15) is 13.1 Å². The highest BCUT2D eigenvalue weighted by atomic mass is 79.9. The first-order valence-electron chi connectivity index (χ1n) is 8.85. The van der Waals surface area contributed by atoms with Crippen LogP contribution in [0.5, 0.6) is 0 Å². The molecule has 0 aromatic heterocycles. The maximum atomic E-state index is 11.9. The van der Waals surface area contributed by atoms with E-state index in [0.29, 0.717) is 31.2 Å². The second-order valence-corrected chi connectivity index (χ2v) is 8.67. The fourth-order valence-corrected chi connectivity index (χ4v) is 3.23. The number of ether oxygens (including phenoxy) is 1. The Morgan fingerprint density at radius 3 is 2.64 bits per heavy atom. The monoisotopic (exact) mass is 492 g/mol. The van der Waals surface area contributed by atoms with Crippen LogP contribution in [-0.4, -0.2) is 39.7 Å². The molecule has 0 saturated heterocycles. The van der Waals surface area contributed by atoms with Gasteiger partial charge in [0.25, 0.3) is 10.2 Å². The summed E-state index contributed by atoms with van der Waals surface area (Å²) in [5, 5.41) is 0.322. The maximum absolute atomic E-state index is 11.9. The molecule has 0 atom stereocenters. The lowest BCUT2D eigenvalue weighted by molar-refractivity contribution is 0.130. The van der Waals surface area contributed by atoms with Crippen LogP contribution in [0.1, 0.15) is 31.7 Å². The van der Waals surface area contributed by atoms with Gasteiger partial charge in [-0.05, 0) is 30.5 Å². The van der Waals surface area contributed by atoms with Crippen molar-refractivity contribution in [3.05, 3.63) is 46.7 Å². The number of nitrogens with zero attached hydrogens (tertiary/aromatic N) is 2. The molecular weight excluding hydrogens is 468 g/mol. The van der Waals surface area contributed by atoms with Crippen molar-refractivity contribution in [3.63, 3.8) is 0 Å². The minimum Gasteiger partial charge on any atom is -0.381 e. The normalized spacial score (nSPS) is 12.5. The molecule has 1 rings (SSSR count). The summed E-state index contributed by atoms with van der Waals surface area (Å²) >= 11 is 9.42. The highest BCUT2D eigenvalue weighted by molar-refractivity contribution is 9.10. The van der Waals surface area contributed by atoms with Gasteiger partial charge in [-0.25, -0.2) is 9.98 Å². The minimum absolute atomic E-state index is 0.0662. The van der Waals surface area contributed by atoms with Gasteiger partial charge in [0.15, 0.2) is 0 Å². The molecule has 0 aliphatic rings. The van der Waals surface area contributed by atoms with Crippen molar-refractivity contribution in [2.45, 2.75) is 32.6 Å². The van der Waals surface area contributed by atoms with Crippen LogP contribution in [0.4, 0.5) is 0 Å². The number of benzene rings is 1. The van der Waals surface area contributed by atoms with E-state index >= 15 is 0 Å². The topological polar surface area (TPSA) is 92.2 Å².